The molecule has 6 atom stereocenters. The Labute approximate surface area is 229 Å². The number of hydrogen-bond acceptors (Lipinski definition) is 5. The highest BCUT2D eigenvalue weighted by atomic mass is 16.2. The van der Waals surface area contributed by atoms with Gasteiger partial charge in [-0.2, -0.15) is 5.26 Å². The van der Waals surface area contributed by atoms with Gasteiger partial charge in [-0.1, -0.05) is 52.8 Å². The molecule has 2 saturated carbocycles. The molecule has 0 aromatic heterocycles. The molecule has 1 unspecified atom stereocenters. The number of urea groups is 1. The topological polar surface area (TPSA) is 143 Å². The van der Waals surface area contributed by atoms with Gasteiger partial charge in [0, 0.05) is 18.3 Å². The van der Waals surface area contributed by atoms with Crippen LogP contribution in [0.4, 0.5) is 10.5 Å². The van der Waals surface area contributed by atoms with Crippen molar-refractivity contribution in [3.05, 3.63) is 29.8 Å². The molecule has 2 heterocycles. The van der Waals surface area contributed by atoms with E-state index in [1.807, 2.05) is 45.0 Å². The van der Waals surface area contributed by atoms with Crippen molar-refractivity contribution < 1.29 is 19.2 Å². The molecular formula is C29H38N6O4. The molecule has 208 valence electrons. The third-order valence-electron chi connectivity index (χ3n) is 8.92. The average molecular weight is 535 g/mol. The minimum Gasteiger partial charge on any atom is -0.339 e. The van der Waals surface area contributed by atoms with E-state index < -0.39 is 35.4 Å². The summed E-state index contributed by atoms with van der Waals surface area (Å²) in [5.74, 6) is -1.32. The molecule has 2 aliphatic carbocycles. The summed E-state index contributed by atoms with van der Waals surface area (Å²) >= 11 is 0. The molecule has 2 aliphatic heterocycles. The van der Waals surface area contributed by atoms with E-state index in [0.717, 1.165) is 24.1 Å². The van der Waals surface area contributed by atoms with Crippen LogP contribution in [0.15, 0.2) is 24.3 Å². The molecule has 1 saturated heterocycles. The van der Waals surface area contributed by atoms with Crippen molar-refractivity contribution in [1.29, 1.82) is 5.26 Å². The smallest absolute Gasteiger partial charge is 0.315 e. The fraction of sp³-hybridized carbons (Fsp3) is 0.621. The molecule has 0 radical (unpaired) electrons. The molecular weight excluding hydrogens is 496 g/mol. The van der Waals surface area contributed by atoms with Crippen LogP contribution in [0.2, 0.25) is 0 Å². The number of hydrogen-bond donors (Lipinski definition) is 4. The van der Waals surface area contributed by atoms with E-state index in [2.05, 4.69) is 41.2 Å². The fourth-order valence-electron chi connectivity index (χ4n) is 6.36. The first-order valence-electron chi connectivity index (χ1n) is 13.8. The van der Waals surface area contributed by atoms with Crippen LogP contribution in [0.1, 0.15) is 65.4 Å². The summed E-state index contributed by atoms with van der Waals surface area (Å²) in [5.41, 5.74) is 0.831. The summed E-state index contributed by atoms with van der Waals surface area (Å²) in [6.07, 6.45) is 2.00. The van der Waals surface area contributed by atoms with E-state index in [-0.39, 0.29) is 47.6 Å². The number of rotatable bonds is 7. The van der Waals surface area contributed by atoms with Crippen LogP contribution in [0.25, 0.3) is 0 Å². The molecule has 1 aromatic carbocycles. The van der Waals surface area contributed by atoms with Crippen molar-refractivity contribution in [2.75, 3.05) is 11.9 Å². The highest BCUT2D eigenvalue weighted by Crippen LogP contribution is 2.65. The number of fused-ring (bicyclic) bond motifs is 2. The van der Waals surface area contributed by atoms with Crippen LogP contribution in [0.5, 0.6) is 0 Å². The number of para-hydroxylation sites is 1. The second-order valence-corrected chi connectivity index (χ2v) is 13.1. The van der Waals surface area contributed by atoms with Gasteiger partial charge in [-0.25, -0.2) is 4.79 Å². The number of anilines is 1. The van der Waals surface area contributed by atoms with Crippen LogP contribution in [0, 0.1) is 34.0 Å². The first-order valence-corrected chi connectivity index (χ1v) is 13.8. The monoisotopic (exact) mass is 534 g/mol. The van der Waals surface area contributed by atoms with Gasteiger partial charge < -0.3 is 26.2 Å². The second-order valence-electron chi connectivity index (χ2n) is 13.1. The number of benzene rings is 1. The number of likely N-dealkylation sites (tertiary alicyclic amines) is 1. The van der Waals surface area contributed by atoms with E-state index in [1.165, 1.54) is 0 Å². The SMILES string of the molecule is CC(C)(C)[C@H](NC(=O)NC1CC1)C(=O)N1C[C@H]2[C@@H]([C@H]1C(=O)N[C@H](C#N)CC1C(=O)Nc3ccccc31)C2(C)C. The Kier molecular flexibility index (Phi) is 6.60. The second kappa shape index (κ2) is 9.54. The molecule has 4 N–H and O–H groups in total. The standard InChI is InChI=1S/C29H38N6O4/c1-28(2,3)23(34-27(39)32-15-10-11-15)26(38)35-14-19-21(29(19,4)5)22(35)25(37)31-16(13-30)12-18-17-8-6-7-9-20(17)33-24(18)36/h6-9,15-16,18-19,21-23H,10-12,14H2,1-5H3,(H,31,37)(H,33,36)(H2,32,34,39)/t16-,18?,19-,21-,22-,23+/m0/s1. The van der Waals surface area contributed by atoms with Gasteiger partial charge in [-0.15, -0.1) is 0 Å². The number of nitrogens with zero attached hydrogens (tertiary/aromatic N) is 2. The van der Waals surface area contributed by atoms with Gasteiger partial charge in [0.25, 0.3) is 0 Å². The average Bonchev–Trinajstić information content (AvgIpc) is 3.65. The lowest BCUT2D eigenvalue weighted by Crippen LogP contribution is -2.61. The molecule has 5 amide bonds. The Morgan fingerprint density at radius 1 is 1.18 bits per heavy atom. The van der Waals surface area contributed by atoms with Crippen molar-refractivity contribution in [2.24, 2.45) is 22.7 Å². The minimum absolute atomic E-state index is 0.0443. The molecule has 10 heteroatoms. The van der Waals surface area contributed by atoms with Crippen LogP contribution >= 0.6 is 0 Å². The number of piperidine rings is 1. The molecule has 0 bridgehead atoms. The zero-order valence-electron chi connectivity index (χ0n) is 23.2. The van der Waals surface area contributed by atoms with Crippen molar-refractivity contribution in [3.8, 4) is 6.07 Å². The Hall–Kier alpha value is -3.61. The predicted octanol–water partition coefficient (Wildman–Crippen LogP) is 2.48. The molecule has 1 aromatic rings. The summed E-state index contributed by atoms with van der Waals surface area (Å²) in [5, 5.41) is 21.3. The first-order chi connectivity index (χ1) is 18.3. The highest BCUT2D eigenvalue weighted by molar-refractivity contribution is 6.03. The maximum Gasteiger partial charge on any atom is 0.315 e. The summed E-state index contributed by atoms with van der Waals surface area (Å²) < 4.78 is 0. The van der Waals surface area contributed by atoms with Crippen LogP contribution in [-0.4, -0.2) is 59.4 Å². The lowest BCUT2D eigenvalue weighted by atomic mass is 9.85. The van der Waals surface area contributed by atoms with Gasteiger partial charge in [0.2, 0.25) is 17.7 Å². The molecule has 4 aliphatic rings. The van der Waals surface area contributed by atoms with Crippen LogP contribution < -0.4 is 21.3 Å². The zero-order valence-corrected chi connectivity index (χ0v) is 23.2. The first kappa shape index (κ1) is 27.0. The lowest BCUT2D eigenvalue weighted by Gasteiger charge is -2.37. The highest BCUT2D eigenvalue weighted by Gasteiger charge is 2.69. The van der Waals surface area contributed by atoms with E-state index >= 15 is 0 Å². The van der Waals surface area contributed by atoms with E-state index in [4.69, 9.17) is 0 Å². The normalized spacial score (nSPS) is 27.8. The van der Waals surface area contributed by atoms with E-state index in [9.17, 15) is 24.4 Å². The van der Waals surface area contributed by atoms with Gasteiger partial charge in [0.1, 0.15) is 18.1 Å². The third kappa shape index (κ3) is 5.07. The van der Waals surface area contributed by atoms with Gasteiger partial charge in [0.05, 0.1) is 12.0 Å². The van der Waals surface area contributed by atoms with Gasteiger partial charge in [-0.05, 0) is 53.6 Å². The summed E-state index contributed by atoms with van der Waals surface area (Å²) in [6, 6.07) is 6.77. The molecule has 0 spiro atoms. The molecule has 5 rings (SSSR count). The van der Waals surface area contributed by atoms with Gasteiger partial charge in [0.15, 0.2) is 0 Å². The maximum atomic E-state index is 13.9. The third-order valence-corrected chi connectivity index (χ3v) is 8.92. The van der Waals surface area contributed by atoms with Crippen molar-refractivity contribution in [3.63, 3.8) is 0 Å². The Balaban J connectivity index is 1.32. The summed E-state index contributed by atoms with van der Waals surface area (Å²) in [6.45, 7) is 10.3. The number of carbonyl (C=O) groups is 4. The van der Waals surface area contributed by atoms with Gasteiger partial charge >= 0.3 is 6.03 Å². The Morgan fingerprint density at radius 3 is 2.51 bits per heavy atom. The van der Waals surface area contributed by atoms with Gasteiger partial charge in [-0.3, -0.25) is 14.4 Å². The molecule has 3 fully saturated rings. The predicted molar refractivity (Wildman–Crippen MR) is 144 cm³/mol. The van der Waals surface area contributed by atoms with Crippen molar-refractivity contribution in [1.82, 2.24) is 20.9 Å². The maximum absolute atomic E-state index is 13.9. The molecule has 10 nitrogen and oxygen atoms in total. The Morgan fingerprint density at radius 2 is 1.87 bits per heavy atom. The number of carbonyl (C=O) groups excluding carboxylic acids is 4. The molecule has 39 heavy (non-hydrogen) atoms. The van der Waals surface area contributed by atoms with E-state index in [0.29, 0.717) is 6.54 Å². The van der Waals surface area contributed by atoms with Crippen molar-refractivity contribution in [2.45, 2.75) is 84.0 Å². The number of amides is 5. The fourth-order valence-corrected chi connectivity index (χ4v) is 6.36. The number of nitrogens with one attached hydrogen (secondary N) is 4. The summed E-state index contributed by atoms with van der Waals surface area (Å²) in [7, 11) is 0. The summed E-state index contributed by atoms with van der Waals surface area (Å²) in [4.78, 5) is 54.5. The Bertz CT molecular complexity index is 1240. The largest absolute Gasteiger partial charge is 0.339 e. The van der Waals surface area contributed by atoms with Crippen LogP contribution in [-0.2, 0) is 14.4 Å². The van der Waals surface area contributed by atoms with E-state index in [1.54, 1.807) is 4.90 Å². The lowest BCUT2D eigenvalue weighted by molar-refractivity contribution is -0.143. The minimum atomic E-state index is -0.905. The van der Waals surface area contributed by atoms with Crippen LogP contribution in [0.3, 0.4) is 0 Å². The van der Waals surface area contributed by atoms with Crippen molar-refractivity contribution >= 4 is 29.4 Å². The number of nitriles is 1. The quantitative estimate of drug-likeness (QED) is 0.425. The zero-order chi connectivity index (χ0) is 28.3.